The molecule has 0 radical (unpaired) electrons. The molecule has 4 N–H and O–H groups in total. The Balaban J connectivity index is 2.02. The summed E-state index contributed by atoms with van der Waals surface area (Å²) >= 11 is 0. The number of aliphatic hydroxyl groups is 1. The van der Waals surface area contributed by atoms with Gasteiger partial charge in [-0.15, -0.1) is 0 Å². The average molecular weight is 291 g/mol. The van der Waals surface area contributed by atoms with Crippen molar-refractivity contribution < 1.29 is 9.90 Å². The number of nitrogens with one attached hydrogen (secondary N) is 1. The first-order chi connectivity index (χ1) is 10.1. The Morgan fingerprint density at radius 1 is 1.57 bits per heavy atom. The van der Waals surface area contributed by atoms with E-state index in [1.54, 1.807) is 0 Å². The molecule has 1 heterocycles. The highest BCUT2D eigenvalue weighted by Gasteiger charge is 2.36. The van der Waals surface area contributed by atoms with Crippen molar-refractivity contribution in [3.8, 4) is 0 Å². The molecule has 1 aromatic rings. The molecule has 1 fully saturated rings. The van der Waals surface area contributed by atoms with E-state index in [4.69, 9.17) is 5.73 Å². The summed E-state index contributed by atoms with van der Waals surface area (Å²) in [5.41, 5.74) is 7.37. The van der Waals surface area contributed by atoms with E-state index in [1.165, 1.54) is 0 Å². The normalized spacial score (nSPS) is 24.0. The van der Waals surface area contributed by atoms with Crippen LogP contribution < -0.4 is 11.1 Å². The molecule has 5 heteroatoms. The highest BCUT2D eigenvalue weighted by molar-refractivity contribution is 5.94. The topological polar surface area (TPSA) is 78.6 Å². The lowest BCUT2D eigenvalue weighted by atomic mass is 10.0. The molecule has 0 aromatic heterocycles. The summed E-state index contributed by atoms with van der Waals surface area (Å²) in [7, 11) is 0. The van der Waals surface area contributed by atoms with Gasteiger partial charge in [0.05, 0.1) is 12.6 Å². The Labute approximate surface area is 126 Å². The fraction of sp³-hybridized carbons (Fsp3) is 0.562. The molecule has 5 nitrogen and oxygen atoms in total. The van der Waals surface area contributed by atoms with Gasteiger partial charge in [-0.25, -0.2) is 0 Å². The third kappa shape index (κ3) is 3.61. The molecule has 0 bridgehead atoms. The molecule has 3 unspecified atom stereocenters. The Morgan fingerprint density at radius 3 is 3.00 bits per heavy atom. The number of likely N-dealkylation sites (tertiary alicyclic amines) is 1. The van der Waals surface area contributed by atoms with Gasteiger partial charge in [0.1, 0.15) is 0 Å². The standard InChI is InChI=1S/C16H25N3O2/c1-11-6-7-19(15(11)10-20)12(2)16(21)18-14-5-3-4-13(8-14)9-17/h3-5,8,11-12,15,20H,6-7,9-10,17H2,1-2H3,(H,18,21). The van der Waals surface area contributed by atoms with Crippen LogP contribution in [0.1, 0.15) is 25.8 Å². The van der Waals surface area contributed by atoms with Crippen LogP contribution in [0.3, 0.4) is 0 Å². The van der Waals surface area contributed by atoms with Crippen LogP contribution in [0, 0.1) is 5.92 Å². The maximum absolute atomic E-state index is 12.4. The summed E-state index contributed by atoms with van der Waals surface area (Å²) < 4.78 is 0. The van der Waals surface area contributed by atoms with Gasteiger partial charge >= 0.3 is 0 Å². The third-order valence-electron chi connectivity index (χ3n) is 4.42. The Hall–Kier alpha value is -1.43. The van der Waals surface area contributed by atoms with Gasteiger partial charge in [-0.1, -0.05) is 19.1 Å². The lowest BCUT2D eigenvalue weighted by molar-refractivity contribution is -0.121. The van der Waals surface area contributed by atoms with E-state index in [1.807, 2.05) is 31.2 Å². The fourth-order valence-electron chi connectivity index (χ4n) is 2.98. The molecule has 2 rings (SSSR count). The second-order valence-corrected chi connectivity index (χ2v) is 5.82. The van der Waals surface area contributed by atoms with Crippen LogP contribution in [0.2, 0.25) is 0 Å². The smallest absolute Gasteiger partial charge is 0.241 e. The van der Waals surface area contributed by atoms with E-state index in [0.29, 0.717) is 12.5 Å². The number of nitrogens with zero attached hydrogens (tertiary/aromatic N) is 1. The molecule has 1 aromatic carbocycles. The molecule has 21 heavy (non-hydrogen) atoms. The molecule has 0 aliphatic carbocycles. The number of benzene rings is 1. The van der Waals surface area contributed by atoms with Crippen molar-refractivity contribution in [3.05, 3.63) is 29.8 Å². The average Bonchev–Trinajstić information content (AvgIpc) is 2.87. The van der Waals surface area contributed by atoms with E-state index in [-0.39, 0.29) is 24.6 Å². The number of carbonyl (C=O) groups excluding carboxylic acids is 1. The summed E-state index contributed by atoms with van der Waals surface area (Å²) in [6.07, 6.45) is 1.02. The molecule has 0 spiro atoms. The van der Waals surface area contributed by atoms with Gasteiger partial charge in [0.2, 0.25) is 5.91 Å². The minimum absolute atomic E-state index is 0.0447. The van der Waals surface area contributed by atoms with E-state index >= 15 is 0 Å². The minimum atomic E-state index is -0.256. The van der Waals surface area contributed by atoms with Crippen molar-refractivity contribution >= 4 is 11.6 Å². The third-order valence-corrected chi connectivity index (χ3v) is 4.42. The Bertz CT molecular complexity index is 492. The van der Waals surface area contributed by atoms with Crippen LogP contribution in [-0.4, -0.2) is 41.1 Å². The summed E-state index contributed by atoms with van der Waals surface area (Å²) in [6.45, 7) is 5.42. The molecular weight excluding hydrogens is 266 g/mol. The van der Waals surface area contributed by atoms with Crippen LogP contribution in [-0.2, 0) is 11.3 Å². The van der Waals surface area contributed by atoms with E-state index < -0.39 is 0 Å². The number of nitrogens with two attached hydrogens (primary N) is 1. The van der Waals surface area contributed by atoms with Crippen LogP contribution >= 0.6 is 0 Å². The largest absolute Gasteiger partial charge is 0.395 e. The lowest BCUT2D eigenvalue weighted by Crippen LogP contribution is -2.47. The predicted octanol–water partition coefficient (Wildman–Crippen LogP) is 1.17. The van der Waals surface area contributed by atoms with Crippen molar-refractivity contribution in [2.75, 3.05) is 18.5 Å². The number of hydrogen-bond donors (Lipinski definition) is 3. The molecule has 1 saturated heterocycles. The minimum Gasteiger partial charge on any atom is -0.395 e. The van der Waals surface area contributed by atoms with Crippen molar-refractivity contribution in [1.82, 2.24) is 4.90 Å². The molecule has 1 aliphatic rings. The zero-order chi connectivity index (χ0) is 15.4. The van der Waals surface area contributed by atoms with Gasteiger partial charge < -0.3 is 16.2 Å². The predicted molar refractivity (Wildman–Crippen MR) is 83.8 cm³/mol. The van der Waals surface area contributed by atoms with E-state index in [2.05, 4.69) is 17.1 Å². The number of anilines is 1. The summed E-state index contributed by atoms with van der Waals surface area (Å²) in [4.78, 5) is 14.5. The second kappa shape index (κ2) is 7.02. The van der Waals surface area contributed by atoms with Gasteiger partial charge in [-0.3, -0.25) is 9.69 Å². The number of amides is 1. The Morgan fingerprint density at radius 2 is 2.33 bits per heavy atom. The maximum Gasteiger partial charge on any atom is 0.241 e. The molecule has 3 atom stereocenters. The molecule has 1 amide bonds. The highest BCUT2D eigenvalue weighted by Crippen LogP contribution is 2.26. The Kier molecular flexibility index (Phi) is 5.33. The highest BCUT2D eigenvalue weighted by atomic mass is 16.3. The number of aliphatic hydroxyl groups excluding tert-OH is 1. The zero-order valence-electron chi connectivity index (χ0n) is 12.7. The van der Waals surface area contributed by atoms with Gasteiger partial charge in [-0.05, 0) is 43.5 Å². The quantitative estimate of drug-likeness (QED) is 0.761. The summed E-state index contributed by atoms with van der Waals surface area (Å²) in [5.74, 6) is 0.377. The first kappa shape index (κ1) is 15.9. The zero-order valence-corrected chi connectivity index (χ0v) is 12.7. The fourth-order valence-corrected chi connectivity index (χ4v) is 2.98. The van der Waals surface area contributed by atoms with Crippen molar-refractivity contribution in [2.24, 2.45) is 11.7 Å². The lowest BCUT2D eigenvalue weighted by Gasteiger charge is -2.30. The van der Waals surface area contributed by atoms with Gasteiger partial charge in [0.15, 0.2) is 0 Å². The molecule has 116 valence electrons. The second-order valence-electron chi connectivity index (χ2n) is 5.82. The summed E-state index contributed by atoms with van der Waals surface area (Å²) in [6, 6.07) is 7.38. The number of rotatable bonds is 5. The van der Waals surface area contributed by atoms with Gasteiger partial charge in [0, 0.05) is 18.3 Å². The van der Waals surface area contributed by atoms with Crippen molar-refractivity contribution in [2.45, 2.75) is 38.9 Å². The monoisotopic (exact) mass is 291 g/mol. The first-order valence-electron chi connectivity index (χ1n) is 7.53. The van der Waals surface area contributed by atoms with Crippen LogP contribution in [0.15, 0.2) is 24.3 Å². The van der Waals surface area contributed by atoms with Crippen LogP contribution in [0.25, 0.3) is 0 Å². The first-order valence-corrected chi connectivity index (χ1v) is 7.53. The van der Waals surface area contributed by atoms with E-state index in [9.17, 15) is 9.90 Å². The summed E-state index contributed by atoms with van der Waals surface area (Å²) in [5, 5.41) is 12.4. The van der Waals surface area contributed by atoms with Crippen molar-refractivity contribution in [1.29, 1.82) is 0 Å². The molecule has 0 saturated carbocycles. The SMILES string of the molecule is CC1CCN(C(C)C(=O)Nc2cccc(CN)c2)C1CO. The number of carbonyl (C=O) groups is 1. The van der Waals surface area contributed by atoms with Gasteiger partial charge in [-0.2, -0.15) is 0 Å². The maximum atomic E-state index is 12.4. The number of hydrogen-bond acceptors (Lipinski definition) is 4. The molecular formula is C16H25N3O2. The van der Waals surface area contributed by atoms with Crippen molar-refractivity contribution in [3.63, 3.8) is 0 Å². The molecule has 1 aliphatic heterocycles. The van der Waals surface area contributed by atoms with Crippen LogP contribution in [0.5, 0.6) is 0 Å². The van der Waals surface area contributed by atoms with E-state index in [0.717, 1.165) is 24.2 Å². The van der Waals surface area contributed by atoms with Crippen LogP contribution in [0.4, 0.5) is 5.69 Å². The van der Waals surface area contributed by atoms with Gasteiger partial charge in [0.25, 0.3) is 0 Å².